The molecule has 0 saturated heterocycles. The van der Waals surface area contributed by atoms with Gasteiger partial charge in [0.1, 0.15) is 0 Å². The second kappa shape index (κ2) is 11.1. The minimum absolute atomic E-state index is 0.0733. The van der Waals surface area contributed by atoms with Gasteiger partial charge in [0.2, 0.25) is 0 Å². The number of nitrogens with one attached hydrogen (secondary N) is 1. The highest BCUT2D eigenvalue weighted by molar-refractivity contribution is 5.92. The lowest BCUT2D eigenvalue weighted by atomic mass is 10.0. The van der Waals surface area contributed by atoms with Gasteiger partial charge in [0.05, 0.1) is 4.92 Å². The summed E-state index contributed by atoms with van der Waals surface area (Å²) in [5.41, 5.74) is 7.27. The molecule has 0 amide bonds. The summed E-state index contributed by atoms with van der Waals surface area (Å²) in [6.07, 6.45) is 0. The molecule has 43 heavy (non-hydrogen) atoms. The number of hydrogen-bond donors (Lipinski definition) is 1. The van der Waals surface area contributed by atoms with Crippen LogP contribution >= 0.6 is 0 Å². The number of fused-ring (bicyclic) bond motifs is 2. The molecule has 0 heterocycles. The van der Waals surface area contributed by atoms with E-state index >= 15 is 0 Å². The van der Waals surface area contributed by atoms with Crippen LogP contribution in [0.5, 0.6) is 0 Å². The molecule has 5 nitrogen and oxygen atoms in total. The average molecular weight is 558 g/mol. The standard InChI is InChI=1S/C38H27N3O2/c42-41(43)36-23-17-34(18-24-36)39-33-15-9-29(10-16-33)30-11-19-35(20-12-30)40(37-21-13-27-5-1-3-7-31(27)25-37)38-22-14-28-6-2-4-8-32(28)26-38/h1-26,39H. The smallest absolute Gasteiger partial charge is 0.269 e. The largest absolute Gasteiger partial charge is 0.356 e. The van der Waals surface area contributed by atoms with Gasteiger partial charge in [0.15, 0.2) is 0 Å². The van der Waals surface area contributed by atoms with Gasteiger partial charge in [0.25, 0.3) is 5.69 Å². The Morgan fingerprint density at radius 3 is 1.37 bits per heavy atom. The summed E-state index contributed by atoms with van der Waals surface area (Å²) in [6, 6.07) is 53.3. The third kappa shape index (κ3) is 5.39. The Kier molecular flexibility index (Phi) is 6.74. The van der Waals surface area contributed by atoms with Gasteiger partial charge < -0.3 is 10.2 Å². The van der Waals surface area contributed by atoms with Gasteiger partial charge in [-0.15, -0.1) is 0 Å². The summed E-state index contributed by atoms with van der Waals surface area (Å²) in [5.74, 6) is 0. The molecule has 7 aromatic carbocycles. The lowest BCUT2D eigenvalue weighted by Crippen LogP contribution is -2.09. The van der Waals surface area contributed by atoms with Crippen LogP contribution in [0.1, 0.15) is 0 Å². The fourth-order valence-corrected chi connectivity index (χ4v) is 5.46. The highest BCUT2D eigenvalue weighted by Gasteiger charge is 2.14. The first-order valence-corrected chi connectivity index (χ1v) is 14.1. The summed E-state index contributed by atoms with van der Waals surface area (Å²) >= 11 is 0. The maximum atomic E-state index is 10.9. The van der Waals surface area contributed by atoms with Gasteiger partial charge in [0, 0.05) is 40.6 Å². The molecule has 0 saturated carbocycles. The quantitative estimate of drug-likeness (QED) is 0.156. The van der Waals surface area contributed by atoms with Crippen molar-refractivity contribution < 1.29 is 4.92 Å². The summed E-state index contributed by atoms with van der Waals surface area (Å²) in [4.78, 5) is 12.8. The van der Waals surface area contributed by atoms with Crippen molar-refractivity contribution in [1.29, 1.82) is 0 Å². The first kappa shape index (κ1) is 26.0. The molecule has 0 bridgehead atoms. The number of nitro benzene ring substituents is 1. The number of benzene rings is 7. The molecular weight excluding hydrogens is 530 g/mol. The van der Waals surface area contributed by atoms with Crippen molar-refractivity contribution in [3.63, 3.8) is 0 Å². The molecule has 0 radical (unpaired) electrons. The van der Waals surface area contributed by atoms with Crippen LogP contribution in [0, 0.1) is 10.1 Å². The van der Waals surface area contributed by atoms with Crippen molar-refractivity contribution in [3.05, 3.63) is 168 Å². The van der Waals surface area contributed by atoms with Crippen LogP contribution in [0.25, 0.3) is 32.7 Å². The minimum atomic E-state index is -0.396. The molecule has 7 aromatic rings. The van der Waals surface area contributed by atoms with Crippen molar-refractivity contribution in [1.82, 2.24) is 0 Å². The van der Waals surface area contributed by atoms with Crippen molar-refractivity contribution in [3.8, 4) is 11.1 Å². The van der Waals surface area contributed by atoms with Gasteiger partial charge in [-0.3, -0.25) is 10.1 Å². The summed E-state index contributed by atoms with van der Waals surface area (Å²) < 4.78 is 0. The van der Waals surface area contributed by atoms with E-state index in [9.17, 15) is 10.1 Å². The molecule has 0 aliphatic carbocycles. The fraction of sp³-hybridized carbons (Fsp3) is 0. The van der Waals surface area contributed by atoms with Crippen LogP contribution in [0.4, 0.5) is 34.1 Å². The maximum Gasteiger partial charge on any atom is 0.269 e. The highest BCUT2D eigenvalue weighted by Crippen LogP contribution is 2.38. The molecule has 7 rings (SSSR count). The molecule has 5 heteroatoms. The molecule has 0 atom stereocenters. The Morgan fingerprint density at radius 1 is 0.465 bits per heavy atom. The van der Waals surface area contributed by atoms with Gasteiger partial charge >= 0.3 is 0 Å². The molecule has 0 unspecified atom stereocenters. The van der Waals surface area contributed by atoms with E-state index in [4.69, 9.17) is 0 Å². The van der Waals surface area contributed by atoms with Crippen LogP contribution < -0.4 is 10.2 Å². The number of nitrogens with zero attached hydrogens (tertiary/aromatic N) is 2. The fourth-order valence-electron chi connectivity index (χ4n) is 5.46. The molecule has 0 spiro atoms. The van der Waals surface area contributed by atoms with E-state index in [1.807, 2.05) is 12.1 Å². The molecule has 0 fully saturated rings. The third-order valence-corrected chi connectivity index (χ3v) is 7.69. The van der Waals surface area contributed by atoms with Gasteiger partial charge in [-0.1, -0.05) is 84.9 Å². The maximum absolute atomic E-state index is 10.9. The highest BCUT2D eigenvalue weighted by atomic mass is 16.6. The molecule has 0 aliphatic rings. The van der Waals surface area contributed by atoms with Crippen molar-refractivity contribution in [2.45, 2.75) is 0 Å². The van der Waals surface area contributed by atoms with Crippen LogP contribution in [0.2, 0.25) is 0 Å². The lowest BCUT2D eigenvalue weighted by molar-refractivity contribution is -0.384. The molecule has 206 valence electrons. The Hall–Kier alpha value is -5.94. The van der Waals surface area contributed by atoms with E-state index in [-0.39, 0.29) is 5.69 Å². The zero-order chi connectivity index (χ0) is 29.2. The van der Waals surface area contributed by atoms with E-state index < -0.39 is 4.92 Å². The zero-order valence-electron chi connectivity index (χ0n) is 23.2. The second-order valence-corrected chi connectivity index (χ2v) is 10.5. The van der Waals surface area contributed by atoms with Crippen LogP contribution in [-0.2, 0) is 0 Å². The van der Waals surface area contributed by atoms with Crippen LogP contribution in [-0.4, -0.2) is 4.92 Å². The third-order valence-electron chi connectivity index (χ3n) is 7.69. The first-order valence-electron chi connectivity index (χ1n) is 14.1. The lowest BCUT2D eigenvalue weighted by Gasteiger charge is -2.26. The normalized spacial score (nSPS) is 11.0. The van der Waals surface area contributed by atoms with Gasteiger partial charge in [-0.25, -0.2) is 0 Å². The van der Waals surface area contributed by atoms with Crippen LogP contribution in [0.15, 0.2) is 158 Å². The number of non-ortho nitro benzene ring substituents is 1. The summed E-state index contributed by atoms with van der Waals surface area (Å²) in [5, 5.41) is 19.1. The average Bonchev–Trinajstić information content (AvgIpc) is 3.06. The van der Waals surface area contributed by atoms with Gasteiger partial charge in [-0.05, 0) is 93.3 Å². The SMILES string of the molecule is O=[N+]([O-])c1ccc(Nc2ccc(-c3ccc(N(c4ccc5ccccc5c4)c4ccc5ccccc5c4)cc3)cc2)cc1. The first-order chi connectivity index (χ1) is 21.1. The topological polar surface area (TPSA) is 58.4 Å². The minimum Gasteiger partial charge on any atom is -0.356 e. The van der Waals surface area contributed by atoms with Gasteiger partial charge in [-0.2, -0.15) is 0 Å². The van der Waals surface area contributed by atoms with Crippen molar-refractivity contribution in [2.75, 3.05) is 10.2 Å². The van der Waals surface area contributed by atoms with Crippen molar-refractivity contribution in [2.24, 2.45) is 0 Å². The zero-order valence-corrected chi connectivity index (χ0v) is 23.2. The predicted molar refractivity (Wildman–Crippen MR) is 178 cm³/mol. The van der Waals surface area contributed by atoms with E-state index in [0.29, 0.717) is 0 Å². The molecule has 0 aliphatic heterocycles. The number of rotatable bonds is 7. The monoisotopic (exact) mass is 557 g/mol. The molecule has 1 N–H and O–H groups in total. The Labute approximate surface area is 249 Å². The number of hydrogen-bond acceptors (Lipinski definition) is 4. The number of nitro groups is 1. The number of anilines is 5. The Balaban J connectivity index is 1.19. The van der Waals surface area contributed by atoms with E-state index in [0.717, 1.165) is 39.6 Å². The predicted octanol–water partition coefficient (Wildman–Crippen LogP) is 10.8. The molecule has 0 aromatic heterocycles. The summed E-state index contributed by atoms with van der Waals surface area (Å²) in [7, 11) is 0. The second-order valence-electron chi connectivity index (χ2n) is 10.5. The van der Waals surface area contributed by atoms with Crippen LogP contribution in [0.3, 0.4) is 0 Å². The van der Waals surface area contributed by atoms with Crippen molar-refractivity contribution >= 4 is 55.7 Å². The Morgan fingerprint density at radius 2 is 0.884 bits per heavy atom. The summed E-state index contributed by atoms with van der Waals surface area (Å²) in [6.45, 7) is 0. The van der Waals surface area contributed by atoms with E-state index in [2.05, 4.69) is 132 Å². The molecular formula is C38H27N3O2. The van der Waals surface area contributed by atoms with E-state index in [1.54, 1.807) is 12.1 Å². The Bertz CT molecular complexity index is 1990. The van der Waals surface area contributed by atoms with E-state index in [1.165, 1.54) is 33.7 Å².